The van der Waals surface area contributed by atoms with Crippen LogP contribution in [-0.2, 0) is 7.05 Å². The minimum absolute atomic E-state index is 0. The van der Waals surface area contributed by atoms with Crippen LogP contribution >= 0.6 is 36.2 Å². The first-order chi connectivity index (χ1) is 11.8. The predicted octanol–water partition coefficient (Wildman–Crippen LogP) is 2.14. The summed E-state index contributed by atoms with van der Waals surface area (Å²) >= 11 is 1.24. The molecule has 2 heterocycles. The van der Waals surface area contributed by atoms with Crippen LogP contribution in [0.5, 0.6) is 0 Å². The van der Waals surface area contributed by atoms with E-state index in [0.29, 0.717) is 33.6 Å². The highest BCUT2D eigenvalue weighted by molar-refractivity contribution is 7.17. The van der Waals surface area contributed by atoms with Crippen molar-refractivity contribution >= 4 is 42.1 Å². The molecule has 1 aliphatic carbocycles. The molecule has 2 aromatic rings. The number of thiazole rings is 1. The van der Waals surface area contributed by atoms with E-state index < -0.39 is 0 Å². The molecule has 0 radical (unpaired) electrons. The van der Waals surface area contributed by atoms with E-state index in [4.69, 9.17) is 5.73 Å². The van der Waals surface area contributed by atoms with Crippen LogP contribution in [-0.4, -0.2) is 33.3 Å². The lowest BCUT2D eigenvalue weighted by atomic mass is 10.1. The number of nitrogens with one attached hydrogen (secondary N) is 1. The van der Waals surface area contributed by atoms with Crippen LogP contribution in [0, 0.1) is 26.7 Å². The molecule has 10 heteroatoms. The van der Waals surface area contributed by atoms with Crippen LogP contribution in [0.15, 0.2) is 4.79 Å². The van der Waals surface area contributed by atoms with Crippen molar-refractivity contribution in [2.45, 2.75) is 39.7 Å². The van der Waals surface area contributed by atoms with E-state index in [0.717, 1.165) is 24.1 Å². The number of carbonyl (C=O) groups is 1. The third-order valence-electron chi connectivity index (χ3n) is 4.67. The van der Waals surface area contributed by atoms with Crippen molar-refractivity contribution in [3.05, 3.63) is 32.2 Å². The normalized spacial score (nSPS) is 14.1. The Bertz CT molecular complexity index is 892. The van der Waals surface area contributed by atoms with Crippen LogP contribution in [0.1, 0.15) is 39.5 Å². The third kappa shape index (κ3) is 4.87. The predicted molar refractivity (Wildman–Crippen MR) is 112 cm³/mol. The van der Waals surface area contributed by atoms with Crippen molar-refractivity contribution < 1.29 is 4.79 Å². The molecular weight excluding hydrogens is 409 g/mol. The maximum atomic E-state index is 12.5. The highest BCUT2D eigenvalue weighted by atomic mass is 35.5. The topological polar surface area (TPSA) is 103 Å². The fourth-order valence-electron chi connectivity index (χ4n) is 2.80. The first-order valence-corrected chi connectivity index (χ1v) is 9.17. The third-order valence-corrected chi connectivity index (χ3v) is 5.84. The minimum atomic E-state index is -0.209. The second-order valence-corrected chi connectivity index (χ2v) is 7.66. The number of nitrogens with zero attached hydrogens (tertiary/aromatic N) is 3. The average molecular weight is 434 g/mol. The molecule has 1 saturated carbocycles. The molecule has 1 amide bonds. The zero-order chi connectivity index (χ0) is 18.3. The maximum absolute atomic E-state index is 12.5. The lowest BCUT2D eigenvalue weighted by Gasteiger charge is -2.10. The van der Waals surface area contributed by atoms with Gasteiger partial charge in [0.1, 0.15) is 9.88 Å². The second-order valence-electron chi connectivity index (χ2n) is 6.66. The monoisotopic (exact) mass is 433 g/mol. The Morgan fingerprint density at radius 1 is 1.30 bits per heavy atom. The quantitative estimate of drug-likeness (QED) is 0.751. The lowest BCUT2D eigenvalue weighted by molar-refractivity contribution is 0.0953. The highest BCUT2D eigenvalue weighted by Gasteiger charge is 2.29. The largest absolute Gasteiger partial charge is 0.350 e. The van der Waals surface area contributed by atoms with Crippen LogP contribution in [0.4, 0.5) is 0 Å². The number of nitrogens with two attached hydrogens (primary N) is 1. The molecule has 0 aliphatic heterocycles. The highest BCUT2D eigenvalue weighted by Crippen LogP contribution is 2.31. The van der Waals surface area contributed by atoms with Crippen LogP contribution in [0.25, 0.3) is 10.6 Å². The van der Waals surface area contributed by atoms with Crippen molar-refractivity contribution in [3.63, 3.8) is 0 Å². The Labute approximate surface area is 174 Å². The van der Waals surface area contributed by atoms with Gasteiger partial charge < -0.3 is 11.1 Å². The van der Waals surface area contributed by atoms with Gasteiger partial charge >= 0.3 is 0 Å². The summed E-state index contributed by atoms with van der Waals surface area (Å²) in [6, 6.07) is 0.00836. The maximum Gasteiger partial charge on any atom is 0.277 e. The summed E-state index contributed by atoms with van der Waals surface area (Å²) in [5.74, 6) is 0.349. The molecule has 1 atom stereocenters. The Balaban J connectivity index is 0.00000182. The van der Waals surface area contributed by atoms with Gasteiger partial charge in [-0.05, 0) is 45.1 Å². The molecule has 7 nitrogen and oxygen atoms in total. The van der Waals surface area contributed by atoms with Crippen molar-refractivity contribution in [3.8, 4) is 10.6 Å². The van der Waals surface area contributed by atoms with E-state index >= 15 is 0 Å². The van der Waals surface area contributed by atoms with E-state index in [1.165, 1.54) is 16.0 Å². The molecule has 0 spiro atoms. The van der Waals surface area contributed by atoms with Gasteiger partial charge in [0.05, 0.1) is 17.0 Å². The molecular formula is C17H25Cl2N5O2S. The van der Waals surface area contributed by atoms with Gasteiger partial charge in [0.25, 0.3) is 11.5 Å². The van der Waals surface area contributed by atoms with E-state index in [1.807, 2.05) is 13.8 Å². The summed E-state index contributed by atoms with van der Waals surface area (Å²) in [5.41, 5.74) is 8.52. The number of rotatable bonds is 5. The van der Waals surface area contributed by atoms with Gasteiger partial charge in [-0.3, -0.25) is 9.59 Å². The van der Waals surface area contributed by atoms with Gasteiger partial charge in [0.15, 0.2) is 0 Å². The van der Waals surface area contributed by atoms with Crippen LogP contribution < -0.4 is 16.6 Å². The molecule has 1 fully saturated rings. The molecule has 1 unspecified atom stereocenters. The van der Waals surface area contributed by atoms with Gasteiger partial charge in [-0.15, -0.1) is 36.2 Å². The number of amides is 1. The average Bonchev–Trinajstić information content (AvgIpc) is 3.34. The van der Waals surface area contributed by atoms with E-state index in [-0.39, 0.29) is 42.3 Å². The molecule has 3 rings (SSSR count). The second kappa shape index (κ2) is 9.14. The van der Waals surface area contributed by atoms with Gasteiger partial charge in [-0.2, -0.15) is 5.10 Å². The van der Waals surface area contributed by atoms with Crippen LogP contribution in [0.3, 0.4) is 0 Å². The van der Waals surface area contributed by atoms with E-state index in [9.17, 15) is 9.59 Å². The molecule has 0 saturated heterocycles. The van der Waals surface area contributed by atoms with E-state index in [2.05, 4.69) is 15.4 Å². The van der Waals surface area contributed by atoms with Crippen molar-refractivity contribution in [2.75, 3.05) is 6.54 Å². The van der Waals surface area contributed by atoms with Crippen molar-refractivity contribution in [2.24, 2.45) is 18.7 Å². The summed E-state index contributed by atoms with van der Waals surface area (Å²) in [6.07, 6.45) is 2.29. The van der Waals surface area contributed by atoms with Gasteiger partial charge in [0, 0.05) is 19.6 Å². The molecule has 3 N–H and O–H groups in total. The van der Waals surface area contributed by atoms with Crippen molar-refractivity contribution in [1.29, 1.82) is 0 Å². The van der Waals surface area contributed by atoms with Gasteiger partial charge in [0.2, 0.25) is 0 Å². The Hall–Kier alpha value is -1.48. The molecule has 0 bridgehead atoms. The van der Waals surface area contributed by atoms with Gasteiger partial charge in [-0.1, -0.05) is 0 Å². The fraction of sp³-hybridized carbons (Fsp3) is 0.529. The molecule has 27 heavy (non-hydrogen) atoms. The lowest BCUT2D eigenvalue weighted by Crippen LogP contribution is -2.38. The summed E-state index contributed by atoms with van der Waals surface area (Å²) in [4.78, 5) is 29.9. The number of aromatic nitrogens is 3. The zero-order valence-corrected chi connectivity index (χ0v) is 18.2. The van der Waals surface area contributed by atoms with Crippen LogP contribution in [0.2, 0.25) is 0 Å². The molecule has 150 valence electrons. The molecule has 2 aromatic heterocycles. The first-order valence-electron chi connectivity index (χ1n) is 8.35. The SMILES string of the molecule is Cc1nc(-c2c(C)c(C)nn(C)c2=O)sc1C(=O)NCC(N)C1CC1.Cl.Cl. The minimum Gasteiger partial charge on any atom is -0.350 e. The molecule has 0 aromatic carbocycles. The zero-order valence-electron chi connectivity index (χ0n) is 15.7. The summed E-state index contributed by atoms with van der Waals surface area (Å²) < 4.78 is 1.31. The number of hydrogen-bond donors (Lipinski definition) is 2. The summed E-state index contributed by atoms with van der Waals surface area (Å²) in [5, 5.41) is 7.62. The standard InChI is InChI=1S/C17H23N5O2S.2ClH/c1-8-9(2)21-22(4)17(24)13(8)16-20-10(3)14(25-16)15(23)19-7-12(18)11-5-6-11;;/h11-12H,5-7,18H2,1-4H3,(H,19,23);2*1H. The number of hydrogen-bond acceptors (Lipinski definition) is 6. The van der Waals surface area contributed by atoms with Crippen molar-refractivity contribution in [1.82, 2.24) is 20.1 Å². The summed E-state index contributed by atoms with van der Waals surface area (Å²) in [6.45, 7) is 5.95. The number of carbonyl (C=O) groups excluding carboxylic acids is 1. The van der Waals surface area contributed by atoms with Gasteiger partial charge in [-0.25, -0.2) is 9.67 Å². The summed E-state index contributed by atoms with van der Waals surface area (Å²) in [7, 11) is 1.62. The Kier molecular flexibility index (Phi) is 7.98. The Morgan fingerprint density at radius 3 is 2.52 bits per heavy atom. The number of halogens is 2. The number of aryl methyl sites for hydroxylation is 3. The first kappa shape index (κ1) is 23.6. The molecule has 1 aliphatic rings. The Morgan fingerprint density at radius 2 is 1.93 bits per heavy atom. The fourth-order valence-corrected chi connectivity index (χ4v) is 3.87. The van der Waals surface area contributed by atoms with E-state index in [1.54, 1.807) is 14.0 Å². The smallest absolute Gasteiger partial charge is 0.277 e.